The van der Waals surface area contributed by atoms with Crippen molar-refractivity contribution >= 4 is 27.5 Å². The van der Waals surface area contributed by atoms with Crippen molar-refractivity contribution in [3.05, 3.63) is 48.0 Å². The highest BCUT2D eigenvalue weighted by atomic mass is 32.2. The Kier molecular flexibility index (Phi) is 15.1. The van der Waals surface area contributed by atoms with Gasteiger partial charge in [-0.25, -0.2) is 8.42 Å². The van der Waals surface area contributed by atoms with E-state index in [9.17, 15) is 23.1 Å². The van der Waals surface area contributed by atoms with Crippen LogP contribution in [-0.2, 0) is 19.6 Å². The first-order valence-corrected chi connectivity index (χ1v) is 18.1. The van der Waals surface area contributed by atoms with Gasteiger partial charge in [-0.05, 0) is 103 Å². The molecule has 48 heavy (non-hydrogen) atoms. The minimum absolute atomic E-state index is 0.0607. The lowest BCUT2D eigenvalue weighted by Crippen LogP contribution is -2.48. The summed E-state index contributed by atoms with van der Waals surface area (Å²) in [5.41, 5.74) is 0.750. The monoisotopic (exact) mass is 690 g/mol. The molecular weight excluding hydrogens is 636 g/mol. The van der Waals surface area contributed by atoms with Gasteiger partial charge in [-0.3, -0.25) is 9.59 Å². The largest absolute Gasteiger partial charge is 0.497 e. The summed E-state index contributed by atoms with van der Waals surface area (Å²) in [6, 6.07) is 10.7. The van der Waals surface area contributed by atoms with Crippen molar-refractivity contribution in [1.82, 2.24) is 14.1 Å². The quantitative estimate of drug-likeness (QED) is 0.337. The molecule has 0 bridgehead atoms. The number of methoxy groups -OCH3 is 1. The Morgan fingerprint density at radius 3 is 2.48 bits per heavy atom. The highest BCUT2D eigenvalue weighted by molar-refractivity contribution is 7.89. The van der Waals surface area contributed by atoms with Crippen LogP contribution in [0.5, 0.6) is 11.5 Å². The summed E-state index contributed by atoms with van der Waals surface area (Å²) in [6.45, 7) is 6.76. The molecule has 3 rings (SSSR count). The van der Waals surface area contributed by atoms with Gasteiger partial charge in [0.05, 0.1) is 42.4 Å². The molecule has 0 radical (unpaired) electrons. The van der Waals surface area contributed by atoms with Gasteiger partial charge in [0.25, 0.3) is 5.91 Å². The van der Waals surface area contributed by atoms with Crippen LogP contribution in [0.1, 0.15) is 63.2 Å². The van der Waals surface area contributed by atoms with Gasteiger partial charge in [0.15, 0.2) is 0 Å². The highest BCUT2D eigenvalue weighted by Crippen LogP contribution is 2.29. The number of aliphatic hydroxyl groups excluding tert-OH is 1. The Bertz CT molecular complexity index is 1440. The number of hydrogen-bond acceptors (Lipinski definition) is 9. The van der Waals surface area contributed by atoms with E-state index in [-0.39, 0.29) is 54.0 Å². The van der Waals surface area contributed by atoms with Crippen molar-refractivity contribution in [3.8, 4) is 11.5 Å². The molecule has 268 valence electrons. The minimum atomic E-state index is -3.84. The molecule has 2 aromatic carbocycles. The van der Waals surface area contributed by atoms with E-state index >= 15 is 0 Å². The topological polar surface area (TPSA) is 138 Å². The van der Waals surface area contributed by atoms with Crippen molar-refractivity contribution in [2.45, 2.75) is 76.0 Å². The normalized spacial score (nSPS) is 20.5. The average molecular weight is 691 g/mol. The summed E-state index contributed by atoms with van der Waals surface area (Å²) < 4.78 is 46.1. The number of nitrogens with zero attached hydrogens (tertiary/aromatic N) is 3. The third-order valence-corrected chi connectivity index (χ3v) is 10.4. The molecule has 0 fully saturated rings. The fraction of sp³-hybridized carbons (Fsp3) is 0.600. The second-order valence-corrected chi connectivity index (χ2v) is 15.0. The highest BCUT2D eigenvalue weighted by Gasteiger charge is 2.32. The first kappa shape index (κ1) is 39.2. The van der Waals surface area contributed by atoms with Gasteiger partial charge in [-0.1, -0.05) is 6.92 Å². The van der Waals surface area contributed by atoms with E-state index in [1.54, 1.807) is 42.2 Å². The fourth-order valence-electron chi connectivity index (χ4n) is 5.52. The zero-order valence-electron chi connectivity index (χ0n) is 29.5. The van der Waals surface area contributed by atoms with E-state index in [0.29, 0.717) is 43.1 Å². The van der Waals surface area contributed by atoms with E-state index in [1.165, 1.54) is 30.6 Å². The molecule has 1 aliphatic heterocycles. The number of benzene rings is 2. The summed E-state index contributed by atoms with van der Waals surface area (Å²) in [5, 5.41) is 13.1. The van der Waals surface area contributed by atoms with Crippen LogP contribution in [0.15, 0.2) is 47.4 Å². The zero-order valence-corrected chi connectivity index (χ0v) is 30.3. The number of sulfonamides is 1. The summed E-state index contributed by atoms with van der Waals surface area (Å²) in [5.74, 6) is 0.114. The van der Waals surface area contributed by atoms with Gasteiger partial charge in [-0.15, -0.1) is 0 Å². The maximum absolute atomic E-state index is 14.3. The number of anilines is 1. The predicted octanol–water partition coefficient (Wildman–Crippen LogP) is 4.09. The molecule has 1 aliphatic rings. The van der Waals surface area contributed by atoms with Crippen LogP contribution < -0.4 is 14.8 Å². The number of carbonyl (C=O) groups is 2. The first-order chi connectivity index (χ1) is 22.8. The number of ether oxygens (including phenoxy) is 3. The number of amides is 2. The number of likely N-dealkylation sites (N-methyl/N-ethyl adjacent to an activating group) is 1. The Labute approximate surface area is 286 Å². The van der Waals surface area contributed by atoms with Gasteiger partial charge in [0, 0.05) is 44.8 Å². The molecule has 1 heterocycles. The number of aliphatic hydroxyl groups is 1. The fourth-order valence-corrected chi connectivity index (χ4v) is 6.70. The molecule has 2 aromatic rings. The summed E-state index contributed by atoms with van der Waals surface area (Å²) in [6.07, 6.45) is 2.55. The second-order valence-electron chi connectivity index (χ2n) is 12.9. The summed E-state index contributed by atoms with van der Waals surface area (Å²) >= 11 is 0. The summed E-state index contributed by atoms with van der Waals surface area (Å²) in [4.78, 5) is 30.7. The number of rotatable bonds is 12. The van der Waals surface area contributed by atoms with Gasteiger partial charge >= 0.3 is 0 Å². The third-order valence-electron chi connectivity index (χ3n) is 8.55. The van der Waals surface area contributed by atoms with E-state index in [2.05, 4.69) is 5.32 Å². The molecule has 0 aromatic heterocycles. The molecule has 0 spiro atoms. The van der Waals surface area contributed by atoms with Crippen molar-refractivity contribution in [1.29, 1.82) is 0 Å². The van der Waals surface area contributed by atoms with Crippen LogP contribution >= 0.6 is 0 Å². The Morgan fingerprint density at radius 2 is 1.83 bits per heavy atom. The minimum Gasteiger partial charge on any atom is -0.497 e. The Hall–Kier alpha value is -3.23. The lowest BCUT2D eigenvalue weighted by atomic mass is 10.0. The van der Waals surface area contributed by atoms with Gasteiger partial charge in [0.1, 0.15) is 11.5 Å². The van der Waals surface area contributed by atoms with Crippen molar-refractivity contribution in [2.24, 2.45) is 5.92 Å². The van der Waals surface area contributed by atoms with Crippen molar-refractivity contribution < 1.29 is 37.3 Å². The van der Waals surface area contributed by atoms with Gasteiger partial charge < -0.3 is 34.4 Å². The first-order valence-electron chi connectivity index (χ1n) is 16.7. The van der Waals surface area contributed by atoms with E-state index in [4.69, 9.17) is 14.2 Å². The van der Waals surface area contributed by atoms with Crippen LogP contribution in [0, 0.1) is 5.92 Å². The summed E-state index contributed by atoms with van der Waals surface area (Å²) in [7, 11) is 3.10. The van der Waals surface area contributed by atoms with Crippen molar-refractivity contribution in [2.75, 3.05) is 66.4 Å². The SMILES string of the molecule is COc1ccc(S(=O)(=O)N(C)C[C@@H]2OCCCC[C@@H](C)Oc3ccc(NC(=O)CCCN(C)C)cc3C(=O)N([C@@H](C)CO)C[C@H]2C)cc1. The smallest absolute Gasteiger partial charge is 0.258 e. The van der Waals surface area contributed by atoms with Gasteiger partial charge in [-0.2, -0.15) is 4.31 Å². The van der Waals surface area contributed by atoms with Gasteiger partial charge in [0.2, 0.25) is 15.9 Å². The second kappa shape index (κ2) is 18.5. The lowest BCUT2D eigenvalue weighted by Gasteiger charge is -2.35. The van der Waals surface area contributed by atoms with E-state index in [0.717, 1.165) is 19.4 Å². The zero-order chi connectivity index (χ0) is 35.4. The lowest BCUT2D eigenvalue weighted by molar-refractivity contribution is -0.116. The van der Waals surface area contributed by atoms with Crippen molar-refractivity contribution in [3.63, 3.8) is 0 Å². The molecular formula is C35H54N4O8S. The predicted molar refractivity (Wildman–Crippen MR) is 186 cm³/mol. The molecule has 0 aliphatic carbocycles. The molecule has 0 saturated carbocycles. The van der Waals surface area contributed by atoms with Crippen LogP contribution in [0.2, 0.25) is 0 Å². The average Bonchev–Trinajstić information content (AvgIpc) is 3.05. The maximum Gasteiger partial charge on any atom is 0.258 e. The number of hydrogen-bond donors (Lipinski definition) is 2. The molecule has 2 N–H and O–H groups in total. The molecule has 13 heteroatoms. The molecule has 12 nitrogen and oxygen atoms in total. The molecule has 2 amide bonds. The van der Waals surface area contributed by atoms with Crippen LogP contribution in [0.25, 0.3) is 0 Å². The Morgan fingerprint density at radius 1 is 1.12 bits per heavy atom. The third kappa shape index (κ3) is 11.2. The molecule has 4 atom stereocenters. The van der Waals surface area contributed by atoms with Crippen LogP contribution in [0.3, 0.4) is 0 Å². The molecule has 0 saturated heterocycles. The van der Waals surface area contributed by atoms with E-state index < -0.39 is 22.2 Å². The Balaban J connectivity index is 1.92. The molecule has 0 unspecified atom stereocenters. The van der Waals surface area contributed by atoms with E-state index in [1.807, 2.05) is 32.8 Å². The maximum atomic E-state index is 14.3. The van der Waals surface area contributed by atoms with Crippen LogP contribution in [0.4, 0.5) is 5.69 Å². The number of carbonyl (C=O) groups excluding carboxylic acids is 2. The number of nitrogens with one attached hydrogen (secondary N) is 1. The number of fused-ring (bicyclic) bond motifs is 1. The standard InChI is InChI=1S/C35H54N4O8S/c1-25-22-39(26(2)24-40)35(42)31-21-28(36-34(41)12-10-19-37(4)5)13-18-32(31)47-27(3)11-8-9-20-46-33(25)23-38(6)48(43,44)30-16-14-29(45-7)15-17-30/h13-18,21,25-27,33,40H,8-12,19-20,22-24H2,1-7H3,(H,36,41)/t25-,26+,27-,33+/m1/s1. The van der Waals surface area contributed by atoms with Crippen LogP contribution in [-0.4, -0.2) is 119 Å².